The van der Waals surface area contributed by atoms with E-state index in [0.29, 0.717) is 12.0 Å². The third-order valence-corrected chi connectivity index (χ3v) is 12.5. The third-order valence-electron chi connectivity index (χ3n) is 12.5. The minimum atomic E-state index is 0.372. The van der Waals surface area contributed by atoms with E-state index in [4.69, 9.17) is 0 Å². The average molecular weight is 560 g/mol. The predicted molar refractivity (Wildman–Crippen MR) is 186 cm³/mol. The molecule has 0 bridgehead atoms. The first-order valence-electron chi connectivity index (χ1n) is 15.9. The molecule has 222 valence electrons. The molecule has 0 saturated carbocycles. The summed E-state index contributed by atoms with van der Waals surface area (Å²) in [5, 5.41) is 0. The molecular weight excluding hydrogens is 506 g/mol. The second-order valence-electron chi connectivity index (χ2n) is 13.9. The summed E-state index contributed by atoms with van der Waals surface area (Å²) in [6.07, 6.45) is 0. The SMILES string of the molecule is CC1=C(C)C(C)c2c(C)c(C)c(C)c(C)c21.CC1=C2c3c(C)c(C)c(C)c(C)c3N(C)C2c2c(C)c(C)c(C)c(C)c21. The first-order valence-corrected chi connectivity index (χ1v) is 15.9. The first-order chi connectivity index (χ1) is 19.5. The summed E-state index contributed by atoms with van der Waals surface area (Å²) in [5.74, 6) is 0.605. The molecule has 2 aliphatic carbocycles. The highest BCUT2D eigenvalue weighted by molar-refractivity contribution is 6.08. The molecule has 0 saturated heterocycles. The molecule has 0 N–H and O–H groups in total. The van der Waals surface area contributed by atoms with Crippen molar-refractivity contribution in [3.05, 3.63) is 100 Å². The highest BCUT2D eigenvalue weighted by Gasteiger charge is 2.44. The van der Waals surface area contributed by atoms with E-state index >= 15 is 0 Å². The van der Waals surface area contributed by atoms with Crippen LogP contribution >= 0.6 is 0 Å². The van der Waals surface area contributed by atoms with Crippen LogP contribution in [0.5, 0.6) is 0 Å². The highest BCUT2D eigenvalue weighted by Crippen LogP contribution is 2.60. The molecule has 2 unspecified atom stereocenters. The van der Waals surface area contributed by atoms with Gasteiger partial charge in [0.05, 0.1) is 6.04 Å². The fourth-order valence-corrected chi connectivity index (χ4v) is 8.66. The molecular formula is C41H53N. The first kappa shape index (κ1) is 30.4. The topological polar surface area (TPSA) is 3.24 Å². The maximum absolute atomic E-state index is 2.55. The lowest BCUT2D eigenvalue weighted by molar-refractivity contribution is 0.853. The van der Waals surface area contributed by atoms with Crippen molar-refractivity contribution >= 4 is 22.4 Å². The maximum atomic E-state index is 2.55. The van der Waals surface area contributed by atoms with Crippen LogP contribution in [0.2, 0.25) is 0 Å². The van der Waals surface area contributed by atoms with Gasteiger partial charge in [0.15, 0.2) is 0 Å². The number of rotatable bonds is 0. The lowest BCUT2D eigenvalue weighted by Crippen LogP contribution is -2.21. The van der Waals surface area contributed by atoms with E-state index < -0.39 is 0 Å². The number of fused-ring (bicyclic) bond motifs is 6. The molecule has 3 aromatic rings. The van der Waals surface area contributed by atoms with Crippen LogP contribution in [0.25, 0.3) is 16.7 Å². The number of likely N-dealkylation sites (N-methyl/N-ethyl adjacent to an activating group) is 1. The van der Waals surface area contributed by atoms with Crippen molar-refractivity contribution in [2.45, 2.75) is 123 Å². The lowest BCUT2D eigenvalue weighted by atomic mass is 9.86. The zero-order valence-electron chi connectivity index (χ0n) is 29.6. The van der Waals surface area contributed by atoms with Gasteiger partial charge in [0.2, 0.25) is 0 Å². The number of nitrogens with zero attached hydrogens (tertiary/aromatic N) is 1. The highest BCUT2D eigenvalue weighted by atomic mass is 15.2. The van der Waals surface area contributed by atoms with E-state index in [9.17, 15) is 0 Å². The van der Waals surface area contributed by atoms with Gasteiger partial charge in [0.25, 0.3) is 0 Å². The Morgan fingerprint density at radius 3 is 1.29 bits per heavy atom. The fraction of sp³-hybridized carbons (Fsp3) is 0.463. The van der Waals surface area contributed by atoms with Gasteiger partial charge in [0, 0.05) is 24.2 Å². The summed E-state index contributed by atoms with van der Waals surface area (Å²) in [6.45, 7) is 36.7. The average Bonchev–Trinajstić information content (AvgIpc) is 3.52. The Kier molecular flexibility index (Phi) is 7.24. The minimum absolute atomic E-state index is 0.372. The molecule has 0 spiro atoms. The number of hydrogen-bond acceptors (Lipinski definition) is 1. The largest absolute Gasteiger partial charge is 0.363 e. The van der Waals surface area contributed by atoms with E-state index in [-0.39, 0.29) is 0 Å². The van der Waals surface area contributed by atoms with E-state index in [1.807, 2.05) is 0 Å². The Balaban J connectivity index is 0.000000189. The zero-order chi connectivity index (χ0) is 31.4. The van der Waals surface area contributed by atoms with E-state index in [2.05, 4.69) is 123 Å². The smallest absolute Gasteiger partial charge is 0.0811 e. The van der Waals surface area contributed by atoms with Crippen LogP contribution in [-0.4, -0.2) is 7.05 Å². The summed E-state index contributed by atoms with van der Waals surface area (Å²) in [4.78, 5) is 2.55. The zero-order valence-corrected chi connectivity index (χ0v) is 29.6. The summed E-state index contributed by atoms with van der Waals surface area (Å²) in [6, 6.07) is 0.372. The van der Waals surface area contributed by atoms with E-state index in [1.54, 1.807) is 22.3 Å². The Hall–Kier alpha value is -3.06. The van der Waals surface area contributed by atoms with Crippen LogP contribution in [0.4, 0.5) is 5.69 Å². The van der Waals surface area contributed by atoms with Crippen LogP contribution in [-0.2, 0) is 0 Å². The molecule has 3 aromatic carbocycles. The molecule has 6 rings (SSSR count). The quantitative estimate of drug-likeness (QED) is 0.265. The van der Waals surface area contributed by atoms with Crippen LogP contribution in [0, 0.1) is 83.1 Å². The summed E-state index contributed by atoms with van der Waals surface area (Å²) in [5.41, 5.74) is 32.8. The van der Waals surface area contributed by atoms with Gasteiger partial charge in [0.1, 0.15) is 0 Å². The van der Waals surface area contributed by atoms with E-state index in [0.717, 1.165) is 0 Å². The van der Waals surface area contributed by atoms with Crippen molar-refractivity contribution in [3.63, 3.8) is 0 Å². The molecule has 1 nitrogen and oxygen atoms in total. The molecule has 42 heavy (non-hydrogen) atoms. The molecule has 1 heteroatoms. The molecule has 0 radical (unpaired) electrons. The van der Waals surface area contributed by atoms with Crippen molar-refractivity contribution in [1.82, 2.24) is 0 Å². The van der Waals surface area contributed by atoms with Crippen LogP contribution in [0.1, 0.15) is 134 Å². The van der Waals surface area contributed by atoms with Gasteiger partial charge in [-0.3, -0.25) is 0 Å². The van der Waals surface area contributed by atoms with Crippen LogP contribution < -0.4 is 4.90 Å². The van der Waals surface area contributed by atoms with Crippen LogP contribution in [0.15, 0.2) is 5.57 Å². The number of allylic oxidation sites excluding steroid dienone is 3. The molecule has 1 heterocycles. The Morgan fingerprint density at radius 1 is 0.405 bits per heavy atom. The molecule has 0 fully saturated rings. The monoisotopic (exact) mass is 559 g/mol. The second kappa shape index (κ2) is 10.0. The molecule has 3 aliphatic rings. The van der Waals surface area contributed by atoms with Crippen molar-refractivity contribution in [2.24, 2.45) is 0 Å². The Bertz CT molecular complexity index is 1790. The van der Waals surface area contributed by atoms with Crippen molar-refractivity contribution in [2.75, 3.05) is 11.9 Å². The van der Waals surface area contributed by atoms with Crippen molar-refractivity contribution in [1.29, 1.82) is 0 Å². The number of anilines is 1. The molecule has 2 atom stereocenters. The van der Waals surface area contributed by atoms with Gasteiger partial charge in [-0.25, -0.2) is 0 Å². The summed E-state index contributed by atoms with van der Waals surface area (Å²) in [7, 11) is 2.30. The van der Waals surface area contributed by atoms with Gasteiger partial charge >= 0.3 is 0 Å². The molecule has 0 aromatic heterocycles. The Labute approximate surface area is 256 Å². The van der Waals surface area contributed by atoms with Gasteiger partial charge in [-0.05, 0) is 210 Å². The second-order valence-corrected chi connectivity index (χ2v) is 13.9. The third kappa shape index (κ3) is 3.74. The van der Waals surface area contributed by atoms with Crippen molar-refractivity contribution in [3.8, 4) is 0 Å². The minimum Gasteiger partial charge on any atom is -0.363 e. The standard InChI is InChI=1S/C25H31N.C16H22/c1-11-12(2)16(6)21-20(15(11)5)19(9)23-22-17(7)13(3)14(4)18(8)24(22)26(10)25(21)23;1-8-9(2)12(5)16-14(7)10(3)13(6)15(16)11(8)4/h25H,1-10H3;13H,1-7H3. The normalized spacial score (nSPS) is 18.4. The predicted octanol–water partition coefficient (Wildman–Crippen LogP) is 11.4. The van der Waals surface area contributed by atoms with Gasteiger partial charge in [-0.1, -0.05) is 12.5 Å². The fourth-order valence-electron chi connectivity index (χ4n) is 8.66. The molecule has 1 aliphatic heterocycles. The lowest BCUT2D eigenvalue weighted by Gasteiger charge is -2.27. The summed E-state index contributed by atoms with van der Waals surface area (Å²) >= 11 is 0. The molecule has 0 amide bonds. The Morgan fingerprint density at radius 2 is 0.786 bits per heavy atom. The van der Waals surface area contributed by atoms with Crippen molar-refractivity contribution < 1.29 is 0 Å². The number of benzene rings is 3. The van der Waals surface area contributed by atoms with Gasteiger partial charge < -0.3 is 4.90 Å². The van der Waals surface area contributed by atoms with Gasteiger partial charge in [-0.2, -0.15) is 0 Å². The van der Waals surface area contributed by atoms with E-state index in [1.165, 1.54) is 100 Å². The van der Waals surface area contributed by atoms with Gasteiger partial charge in [-0.15, -0.1) is 0 Å². The summed E-state index contributed by atoms with van der Waals surface area (Å²) < 4.78 is 0. The maximum Gasteiger partial charge on any atom is 0.0811 e. The number of hydrogen-bond donors (Lipinski definition) is 0. The van der Waals surface area contributed by atoms with Crippen LogP contribution in [0.3, 0.4) is 0 Å².